The highest BCUT2D eigenvalue weighted by atomic mass is 16.5. The van der Waals surface area contributed by atoms with Crippen LogP contribution in [0.1, 0.15) is 33.1 Å². The molecule has 1 N–H and O–H groups in total. The largest absolute Gasteiger partial charge is 0.465 e. The van der Waals surface area contributed by atoms with E-state index in [4.69, 9.17) is 9.47 Å². The Balaban J connectivity index is 2.09. The highest BCUT2D eigenvalue weighted by Crippen LogP contribution is 2.32. The van der Waals surface area contributed by atoms with E-state index >= 15 is 0 Å². The van der Waals surface area contributed by atoms with Crippen LogP contribution in [0.25, 0.3) is 0 Å². The van der Waals surface area contributed by atoms with Crippen molar-refractivity contribution in [3.8, 4) is 0 Å². The molecule has 2 fully saturated rings. The number of esters is 1. The first-order valence-electron chi connectivity index (χ1n) is 5.75. The van der Waals surface area contributed by atoms with Gasteiger partial charge < -0.3 is 9.47 Å². The molecule has 0 aromatic carbocycles. The molecule has 15 heavy (non-hydrogen) atoms. The van der Waals surface area contributed by atoms with Gasteiger partial charge in [0.2, 0.25) is 0 Å². The van der Waals surface area contributed by atoms with Crippen molar-refractivity contribution in [1.82, 2.24) is 5.32 Å². The minimum absolute atomic E-state index is 0.0860. The topological polar surface area (TPSA) is 47.6 Å². The SMILES string of the molecule is CCOC(=O)C1(NC2CC2)CCOC1C. The molecule has 4 heteroatoms. The third-order valence-electron chi connectivity index (χ3n) is 3.24. The lowest BCUT2D eigenvalue weighted by Crippen LogP contribution is -2.58. The summed E-state index contributed by atoms with van der Waals surface area (Å²) in [6, 6.07) is 0.485. The first-order chi connectivity index (χ1) is 7.19. The van der Waals surface area contributed by atoms with Gasteiger partial charge in [0, 0.05) is 19.1 Å². The summed E-state index contributed by atoms with van der Waals surface area (Å²) in [5.41, 5.74) is -0.586. The molecule has 4 nitrogen and oxygen atoms in total. The molecule has 0 amide bonds. The molecular weight excluding hydrogens is 194 g/mol. The van der Waals surface area contributed by atoms with E-state index in [1.807, 2.05) is 13.8 Å². The van der Waals surface area contributed by atoms with Crippen LogP contribution in [0.2, 0.25) is 0 Å². The summed E-state index contributed by atoms with van der Waals surface area (Å²) < 4.78 is 10.6. The van der Waals surface area contributed by atoms with E-state index in [0.717, 1.165) is 19.3 Å². The maximum Gasteiger partial charge on any atom is 0.329 e. The third kappa shape index (κ3) is 2.01. The zero-order valence-electron chi connectivity index (χ0n) is 9.41. The van der Waals surface area contributed by atoms with Crippen molar-refractivity contribution < 1.29 is 14.3 Å². The molecule has 2 atom stereocenters. The average molecular weight is 213 g/mol. The Bertz CT molecular complexity index is 252. The number of nitrogens with one attached hydrogen (secondary N) is 1. The van der Waals surface area contributed by atoms with Crippen LogP contribution >= 0.6 is 0 Å². The van der Waals surface area contributed by atoms with E-state index < -0.39 is 5.54 Å². The Morgan fingerprint density at radius 3 is 2.80 bits per heavy atom. The lowest BCUT2D eigenvalue weighted by atomic mass is 9.92. The zero-order valence-corrected chi connectivity index (χ0v) is 9.41. The minimum Gasteiger partial charge on any atom is -0.465 e. The van der Waals surface area contributed by atoms with Gasteiger partial charge in [0.1, 0.15) is 5.54 Å². The molecule has 1 saturated carbocycles. The van der Waals surface area contributed by atoms with Gasteiger partial charge in [0.05, 0.1) is 12.7 Å². The highest BCUT2D eigenvalue weighted by molar-refractivity contribution is 5.82. The van der Waals surface area contributed by atoms with Crippen molar-refractivity contribution >= 4 is 5.97 Å². The van der Waals surface area contributed by atoms with E-state index in [0.29, 0.717) is 19.3 Å². The van der Waals surface area contributed by atoms with Gasteiger partial charge in [-0.2, -0.15) is 0 Å². The van der Waals surface area contributed by atoms with Gasteiger partial charge in [-0.3, -0.25) is 5.32 Å². The van der Waals surface area contributed by atoms with Gasteiger partial charge in [0.25, 0.3) is 0 Å². The van der Waals surface area contributed by atoms with Crippen LogP contribution in [-0.2, 0) is 14.3 Å². The summed E-state index contributed by atoms with van der Waals surface area (Å²) in [6.45, 7) is 4.85. The van der Waals surface area contributed by atoms with E-state index in [9.17, 15) is 4.79 Å². The number of carbonyl (C=O) groups is 1. The second kappa shape index (κ2) is 4.10. The normalized spacial score (nSPS) is 35.5. The van der Waals surface area contributed by atoms with Crippen molar-refractivity contribution in [2.75, 3.05) is 13.2 Å². The van der Waals surface area contributed by atoms with Crippen LogP contribution in [0.5, 0.6) is 0 Å². The number of hydrogen-bond acceptors (Lipinski definition) is 4. The zero-order chi connectivity index (χ0) is 10.9. The van der Waals surface area contributed by atoms with Crippen LogP contribution in [-0.4, -0.2) is 36.9 Å². The highest BCUT2D eigenvalue weighted by Gasteiger charge is 2.51. The Hall–Kier alpha value is -0.610. The van der Waals surface area contributed by atoms with Gasteiger partial charge in [-0.25, -0.2) is 4.79 Å². The molecule has 0 aromatic heterocycles. The fourth-order valence-corrected chi connectivity index (χ4v) is 2.11. The fraction of sp³-hybridized carbons (Fsp3) is 0.909. The Kier molecular flexibility index (Phi) is 2.98. The van der Waals surface area contributed by atoms with E-state index in [1.54, 1.807) is 0 Å². The second-order valence-electron chi connectivity index (χ2n) is 4.37. The third-order valence-corrected chi connectivity index (χ3v) is 3.24. The maximum absolute atomic E-state index is 12.0. The maximum atomic E-state index is 12.0. The quantitative estimate of drug-likeness (QED) is 0.703. The lowest BCUT2D eigenvalue weighted by Gasteiger charge is -2.30. The van der Waals surface area contributed by atoms with Gasteiger partial charge in [-0.05, 0) is 26.7 Å². The van der Waals surface area contributed by atoms with E-state index in [1.165, 1.54) is 0 Å². The van der Waals surface area contributed by atoms with Crippen molar-refractivity contribution in [3.05, 3.63) is 0 Å². The molecule has 1 heterocycles. The molecule has 2 aliphatic rings. The molecule has 0 spiro atoms. The molecule has 2 unspecified atom stereocenters. The number of ether oxygens (including phenoxy) is 2. The summed E-state index contributed by atoms with van der Waals surface area (Å²) in [5, 5.41) is 3.40. The van der Waals surface area contributed by atoms with Gasteiger partial charge >= 0.3 is 5.97 Å². The summed E-state index contributed by atoms with van der Waals surface area (Å²) in [6.07, 6.45) is 2.96. The predicted molar refractivity (Wildman–Crippen MR) is 55.6 cm³/mol. The van der Waals surface area contributed by atoms with Crippen LogP contribution < -0.4 is 5.32 Å². The molecule has 1 saturated heterocycles. The minimum atomic E-state index is -0.586. The second-order valence-corrected chi connectivity index (χ2v) is 4.37. The predicted octanol–water partition coefficient (Wildman–Crippen LogP) is 0.849. The first-order valence-corrected chi connectivity index (χ1v) is 5.75. The Morgan fingerprint density at radius 2 is 2.33 bits per heavy atom. The number of hydrogen-bond donors (Lipinski definition) is 1. The van der Waals surface area contributed by atoms with E-state index in [-0.39, 0.29) is 12.1 Å². The molecule has 1 aliphatic carbocycles. The summed E-state index contributed by atoms with van der Waals surface area (Å²) >= 11 is 0. The van der Waals surface area contributed by atoms with Crippen molar-refractivity contribution in [2.24, 2.45) is 0 Å². The standard InChI is InChI=1S/C11H19NO3/c1-3-14-10(13)11(12-9-4-5-9)6-7-15-8(11)2/h8-9,12H,3-7H2,1-2H3. The smallest absolute Gasteiger partial charge is 0.329 e. The lowest BCUT2D eigenvalue weighted by molar-refractivity contribution is -0.153. The van der Waals surface area contributed by atoms with Crippen molar-refractivity contribution in [3.63, 3.8) is 0 Å². The summed E-state index contributed by atoms with van der Waals surface area (Å²) in [5.74, 6) is -0.151. The van der Waals surface area contributed by atoms with Gasteiger partial charge in [-0.15, -0.1) is 0 Å². The monoisotopic (exact) mass is 213 g/mol. The molecule has 1 aliphatic heterocycles. The Morgan fingerprint density at radius 1 is 1.60 bits per heavy atom. The molecule has 0 bridgehead atoms. The molecular formula is C11H19NO3. The molecule has 2 rings (SSSR count). The number of carbonyl (C=O) groups excluding carboxylic acids is 1. The van der Waals surface area contributed by atoms with Crippen LogP contribution in [0, 0.1) is 0 Å². The molecule has 86 valence electrons. The Labute approximate surface area is 90.3 Å². The average Bonchev–Trinajstić information content (AvgIpc) is 2.92. The van der Waals surface area contributed by atoms with Crippen LogP contribution in [0.15, 0.2) is 0 Å². The van der Waals surface area contributed by atoms with Gasteiger partial charge in [-0.1, -0.05) is 0 Å². The van der Waals surface area contributed by atoms with Crippen molar-refractivity contribution in [1.29, 1.82) is 0 Å². The summed E-state index contributed by atoms with van der Waals surface area (Å²) in [4.78, 5) is 12.0. The first kappa shape index (κ1) is 10.9. The summed E-state index contributed by atoms with van der Waals surface area (Å²) in [7, 11) is 0. The van der Waals surface area contributed by atoms with Crippen molar-refractivity contribution in [2.45, 2.75) is 50.8 Å². The molecule has 0 radical (unpaired) electrons. The fourth-order valence-electron chi connectivity index (χ4n) is 2.11. The van der Waals surface area contributed by atoms with Gasteiger partial charge in [0.15, 0.2) is 0 Å². The number of rotatable bonds is 4. The molecule has 0 aromatic rings. The van der Waals surface area contributed by atoms with Crippen LogP contribution in [0.3, 0.4) is 0 Å². The van der Waals surface area contributed by atoms with E-state index in [2.05, 4.69) is 5.32 Å². The van der Waals surface area contributed by atoms with Crippen LogP contribution in [0.4, 0.5) is 0 Å².